The van der Waals surface area contributed by atoms with Gasteiger partial charge in [0, 0.05) is 11.8 Å². The second-order valence-corrected chi connectivity index (χ2v) is 4.57. The molecule has 0 amide bonds. The van der Waals surface area contributed by atoms with Gasteiger partial charge < -0.3 is 5.73 Å². The van der Waals surface area contributed by atoms with Gasteiger partial charge in [-0.05, 0) is 12.7 Å². The maximum Gasteiger partial charge on any atom is 0.0515 e. The molecule has 2 unspecified atom stereocenters. The zero-order chi connectivity index (χ0) is 5.98. The molecule has 0 radical (unpaired) electrons. The highest BCUT2D eigenvalue weighted by Crippen LogP contribution is 2.32. The molecule has 1 rings (SSSR count). The van der Waals surface area contributed by atoms with E-state index in [0.29, 0.717) is 6.04 Å². The van der Waals surface area contributed by atoms with E-state index in [1.807, 2.05) is 23.5 Å². The predicted octanol–water partition coefficient (Wildman–Crippen LogP) is 1.14. The van der Waals surface area contributed by atoms with Crippen molar-refractivity contribution in [2.75, 3.05) is 12.0 Å². The maximum atomic E-state index is 5.67. The van der Waals surface area contributed by atoms with Crippen LogP contribution in [0.15, 0.2) is 0 Å². The third kappa shape index (κ3) is 1.57. The van der Waals surface area contributed by atoms with Crippen molar-refractivity contribution in [1.29, 1.82) is 0 Å². The Labute approximate surface area is 58.8 Å². The van der Waals surface area contributed by atoms with E-state index in [9.17, 15) is 0 Å². The Morgan fingerprint density at radius 3 is 2.75 bits per heavy atom. The summed E-state index contributed by atoms with van der Waals surface area (Å²) in [5.74, 6) is 1.16. The van der Waals surface area contributed by atoms with E-state index < -0.39 is 0 Å². The van der Waals surface area contributed by atoms with E-state index in [0.717, 1.165) is 10.3 Å². The number of thioether (sulfide) groups is 2. The number of hydrogen-bond donors (Lipinski definition) is 1. The minimum absolute atomic E-state index is 0.470. The van der Waals surface area contributed by atoms with Gasteiger partial charge in [-0.1, -0.05) is 0 Å². The molecule has 8 heavy (non-hydrogen) atoms. The number of nitrogens with two attached hydrogens (primary N) is 1. The summed E-state index contributed by atoms with van der Waals surface area (Å²) in [7, 11) is 0. The fourth-order valence-electron chi connectivity index (χ4n) is 0.778. The van der Waals surface area contributed by atoms with Crippen LogP contribution in [0, 0.1) is 0 Å². The van der Waals surface area contributed by atoms with Crippen molar-refractivity contribution in [1.82, 2.24) is 0 Å². The summed E-state index contributed by atoms with van der Waals surface area (Å²) in [5, 5.41) is 0. The topological polar surface area (TPSA) is 26.0 Å². The Hall–Kier alpha value is 0.660. The third-order valence-corrected chi connectivity index (χ3v) is 4.14. The van der Waals surface area contributed by atoms with E-state index in [4.69, 9.17) is 5.73 Å². The molecular weight excluding hydrogens is 138 g/mol. The largest absolute Gasteiger partial charge is 0.327 e. The molecule has 1 saturated heterocycles. The summed E-state index contributed by atoms with van der Waals surface area (Å²) in [6.45, 7) is 0. The normalized spacial score (nSPS) is 38.2. The monoisotopic (exact) mass is 149 g/mol. The Bertz CT molecular complexity index is 76.8. The molecule has 1 fully saturated rings. The van der Waals surface area contributed by atoms with Gasteiger partial charge in [-0.15, -0.1) is 11.8 Å². The molecule has 3 heteroatoms. The lowest BCUT2D eigenvalue weighted by molar-refractivity contribution is 0.747. The van der Waals surface area contributed by atoms with E-state index in [-0.39, 0.29) is 0 Å². The molecule has 0 aromatic heterocycles. The quantitative estimate of drug-likeness (QED) is 0.605. The lowest BCUT2D eigenvalue weighted by Gasteiger charge is -2.00. The molecule has 0 aliphatic carbocycles. The Morgan fingerprint density at radius 1 is 1.75 bits per heavy atom. The molecule has 1 aliphatic heterocycles. The van der Waals surface area contributed by atoms with Crippen LogP contribution in [0.2, 0.25) is 0 Å². The first-order chi connectivity index (χ1) is 3.83. The van der Waals surface area contributed by atoms with E-state index >= 15 is 0 Å². The van der Waals surface area contributed by atoms with Crippen LogP contribution >= 0.6 is 23.5 Å². The molecule has 0 bridgehead atoms. The lowest BCUT2D eigenvalue weighted by Crippen LogP contribution is -2.18. The number of rotatable bonds is 1. The van der Waals surface area contributed by atoms with Gasteiger partial charge in [0.05, 0.1) is 4.58 Å². The Morgan fingerprint density at radius 2 is 2.50 bits per heavy atom. The van der Waals surface area contributed by atoms with Crippen molar-refractivity contribution < 1.29 is 0 Å². The minimum Gasteiger partial charge on any atom is -0.327 e. The van der Waals surface area contributed by atoms with Crippen molar-refractivity contribution in [3.8, 4) is 0 Å². The second kappa shape index (κ2) is 2.99. The van der Waals surface area contributed by atoms with Gasteiger partial charge in [-0.3, -0.25) is 0 Å². The minimum atomic E-state index is 0.470. The molecule has 2 atom stereocenters. The molecule has 48 valence electrons. The van der Waals surface area contributed by atoms with E-state index in [1.54, 1.807) is 0 Å². The maximum absolute atomic E-state index is 5.67. The second-order valence-electron chi connectivity index (χ2n) is 1.99. The van der Waals surface area contributed by atoms with Crippen LogP contribution in [0.1, 0.15) is 6.42 Å². The van der Waals surface area contributed by atoms with Gasteiger partial charge >= 0.3 is 0 Å². The highest BCUT2D eigenvalue weighted by atomic mass is 32.2. The fourth-order valence-corrected chi connectivity index (χ4v) is 2.98. The van der Waals surface area contributed by atoms with Gasteiger partial charge in [-0.2, -0.15) is 11.8 Å². The standard InChI is InChI=1S/C5H11NS2/c1-7-5-2-4(6)3-8-5/h4-5H,2-3,6H2,1H3. The van der Waals surface area contributed by atoms with Crippen molar-refractivity contribution >= 4 is 23.5 Å². The first-order valence-corrected chi connectivity index (χ1v) is 5.06. The van der Waals surface area contributed by atoms with Gasteiger partial charge in [0.2, 0.25) is 0 Å². The van der Waals surface area contributed by atoms with Crippen LogP contribution in [-0.2, 0) is 0 Å². The van der Waals surface area contributed by atoms with Gasteiger partial charge in [0.15, 0.2) is 0 Å². The van der Waals surface area contributed by atoms with Crippen LogP contribution in [-0.4, -0.2) is 22.6 Å². The van der Waals surface area contributed by atoms with E-state index in [1.165, 1.54) is 6.42 Å². The zero-order valence-corrected chi connectivity index (χ0v) is 6.60. The molecule has 0 aromatic rings. The zero-order valence-electron chi connectivity index (χ0n) is 4.96. The van der Waals surface area contributed by atoms with Crippen LogP contribution in [0.3, 0.4) is 0 Å². The summed E-state index contributed by atoms with van der Waals surface area (Å²) in [6, 6.07) is 0.470. The average molecular weight is 149 g/mol. The third-order valence-electron chi connectivity index (χ3n) is 1.25. The molecule has 1 aliphatic rings. The van der Waals surface area contributed by atoms with Crippen molar-refractivity contribution in [3.05, 3.63) is 0 Å². The van der Waals surface area contributed by atoms with Crippen molar-refractivity contribution in [2.45, 2.75) is 17.0 Å². The van der Waals surface area contributed by atoms with Gasteiger partial charge in [0.25, 0.3) is 0 Å². The average Bonchev–Trinajstić information content (AvgIpc) is 2.14. The van der Waals surface area contributed by atoms with Crippen LogP contribution in [0.25, 0.3) is 0 Å². The highest BCUT2D eigenvalue weighted by molar-refractivity contribution is 8.16. The summed E-state index contributed by atoms with van der Waals surface area (Å²) in [4.78, 5) is 0. The first-order valence-electron chi connectivity index (χ1n) is 2.73. The summed E-state index contributed by atoms with van der Waals surface area (Å²) in [6.07, 6.45) is 3.35. The molecule has 0 aromatic carbocycles. The van der Waals surface area contributed by atoms with Crippen LogP contribution in [0.4, 0.5) is 0 Å². The van der Waals surface area contributed by atoms with Crippen LogP contribution in [0.5, 0.6) is 0 Å². The molecule has 2 N–H and O–H groups in total. The molecule has 0 spiro atoms. The molecule has 0 saturated carbocycles. The van der Waals surface area contributed by atoms with Gasteiger partial charge in [0.1, 0.15) is 0 Å². The number of hydrogen-bond acceptors (Lipinski definition) is 3. The van der Waals surface area contributed by atoms with Crippen molar-refractivity contribution in [3.63, 3.8) is 0 Å². The van der Waals surface area contributed by atoms with E-state index in [2.05, 4.69) is 6.26 Å². The molecular formula is C5H11NS2. The fraction of sp³-hybridized carbons (Fsp3) is 1.00. The summed E-state index contributed by atoms with van der Waals surface area (Å²) in [5.41, 5.74) is 5.67. The molecule has 1 nitrogen and oxygen atoms in total. The summed E-state index contributed by atoms with van der Waals surface area (Å²) >= 11 is 3.91. The Kier molecular flexibility index (Phi) is 2.53. The molecule has 1 heterocycles. The highest BCUT2D eigenvalue weighted by Gasteiger charge is 2.20. The first kappa shape index (κ1) is 6.78. The van der Waals surface area contributed by atoms with Gasteiger partial charge in [-0.25, -0.2) is 0 Å². The van der Waals surface area contributed by atoms with Crippen molar-refractivity contribution in [2.24, 2.45) is 5.73 Å². The van der Waals surface area contributed by atoms with Crippen LogP contribution < -0.4 is 5.73 Å². The lowest BCUT2D eigenvalue weighted by atomic mass is 10.3. The SMILES string of the molecule is CSC1CC(N)CS1. The Balaban J connectivity index is 2.22. The smallest absolute Gasteiger partial charge is 0.0515 e. The summed E-state index contributed by atoms with van der Waals surface area (Å²) < 4.78 is 0.782. The predicted molar refractivity (Wildman–Crippen MR) is 42.4 cm³/mol.